The number of thiazole rings is 1. The summed E-state index contributed by atoms with van der Waals surface area (Å²) in [6, 6.07) is 0.0702. The third-order valence-electron chi connectivity index (χ3n) is 3.83. The summed E-state index contributed by atoms with van der Waals surface area (Å²) in [5.74, 6) is 0.846. The Hall–Kier alpha value is -1.10. The second-order valence-electron chi connectivity index (χ2n) is 7.22. The van der Waals surface area contributed by atoms with Gasteiger partial charge in [0.2, 0.25) is 0 Å². The first-order valence-corrected chi connectivity index (χ1v) is 9.37. The van der Waals surface area contributed by atoms with E-state index in [1.54, 1.807) is 18.4 Å². The lowest BCUT2D eigenvalue weighted by molar-refractivity contribution is 0.0507. The fourth-order valence-electron chi connectivity index (χ4n) is 2.77. The Kier molecular flexibility index (Phi) is 8.58. The van der Waals surface area contributed by atoms with Crippen molar-refractivity contribution in [1.29, 1.82) is 0 Å². The Morgan fingerprint density at radius 3 is 2.65 bits per heavy atom. The van der Waals surface area contributed by atoms with Crippen LogP contribution < -0.4 is 10.6 Å². The molecule has 148 valence electrons. The van der Waals surface area contributed by atoms with Gasteiger partial charge in [-0.1, -0.05) is 0 Å². The van der Waals surface area contributed by atoms with E-state index < -0.39 is 5.60 Å². The summed E-state index contributed by atoms with van der Waals surface area (Å²) >= 11 is 1.70. The largest absolute Gasteiger partial charge is 0.444 e. The Labute approximate surface area is 177 Å². The number of aliphatic imine (C=N–C) groups is 1. The lowest BCUT2D eigenvalue weighted by Gasteiger charge is -2.23. The van der Waals surface area contributed by atoms with Gasteiger partial charge in [0.25, 0.3) is 0 Å². The van der Waals surface area contributed by atoms with E-state index in [9.17, 15) is 4.79 Å². The number of aromatic nitrogens is 1. The van der Waals surface area contributed by atoms with Crippen molar-refractivity contribution < 1.29 is 9.53 Å². The molecule has 0 aliphatic carbocycles. The third kappa shape index (κ3) is 6.90. The number of hydrogen-bond donors (Lipinski definition) is 2. The van der Waals surface area contributed by atoms with Crippen LogP contribution in [0.2, 0.25) is 0 Å². The van der Waals surface area contributed by atoms with Crippen LogP contribution in [0, 0.1) is 13.8 Å². The molecule has 2 rings (SSSR count). The topological polar surface area (TPSA) is 78.9 Å². The van der Waals surface area contributed by atoms with Crippen LogP contribution in [-0.4, -0.2) is 53.7 Å². The molecule has 1 aliphatic rings. The fraction of sp³-hybridized carbons (Fsp3) is 0.706. The SMILES string of the molecule is CN=C(NCc1sc(C)nc1C)N1CCC(NC(=O)OC(C)(C)C)C1.I. The van der Waals surface area contributed by atoms with Crippen molar-refractivity contribution in [3.8, 4) is 0 Å². The van der Waals surface area contributed by atoms with Crippen molar-refractivity contribution in [2.45, 2.75) is 59.2 Å². The van der Waals surface area contributed by atoms with E-state index in [4.69, 9.17) is 4.74 Å². The molecule has 7 nitrogen and oxygen atoms in total. The minimum atomic E-state index is -0.481. The van der Waals surface area contributed by atoms with Gasteiger partial charge in [-0.25, -0.2) is 9.78 Å². The second-order valence-corrected chi connectivity index (χ2v) is 8.51. The molecular weight excluding hydrogens is 465 g/mol. The zero-order valence-electron chi connectivity index (χ0n) is 16.4. The third-order valence-corrected chi connectivity index (χ3v) is 4.90. The number of hydrogen-bond acceptors (Lipinski definition) is 5. The number of carbonyl (C=O) groups is 1. The van der Waals surface area contributed by atoms with Crippen molar-refractivity contribution in [3.63, 3.8) is 0 Å². The maximum absolute atomic E-state index is 11.9. The maximum Gasteiger partial charge on any atom is 0.407 e. The van der Waals surface area contributed by atoms with E-state index in [0.717, 1.165) is 36.2 Å². The van der Waals surface area contributed by atoms with E-state index in [1.807, 2.05) is 34.6 Å². The second kappa shape index (κ2) is 9.72. The predicted octanol–water partition coefficient (Wildman–Crippen LogP) is 3.05. The number of halogens is 1. The summed E-state index contributed by atoms with van der Waals surface area (Å²) in [5, 5.41) is 7.41. The van der Waals surface area contributed by atoms with Gasteiger partial charge in [0.05, 0.1) is 23.3 Å². The summed E-state index contributed by atoms with van der Waals surface area (Å²) < 4.78 is 5.32. The van der Waals surface area contributed by atoms with Gasteiger partial charge in [-0.2, -0.15) is 0 Å². The average Bonchev–Trinajstić information content (AvgIpc) is 3.04. The molecule has 1 saturated heterocycles. The van der Waals surface area contributed by atoms with Gasteiger partial charge in [0, 0.05) is 25.0 Å². The van der Waals surface area contributed by atoms with Gasteiger partial charge in [-0.3, -0.25) is 4.99 Å². The molecule has 0 bridgehead atoms. The van der Waals surface area contributed by atoms with E-state index in [2.05, 4.69) is 25.5 Å². The number of rotatable bonds is 3. The highest BCUT2D eigenvalue weighted by Gasteiger charge is 2.27. The molecule has 1 atom stereocenters. The molecule has 1 amide bonds. The highest BCUT2D eigenvalue weighted by atomic mass is 127. The van der Waals surface area contributed by atoms with Crippen LogP contribution in [-0.2, 0) is 11.3 Å². The number of amides is 1. The van der Waals surface area contributed by atoms with Crippen molar-refractivity contribution >= 4 is 47.4 Å². The molecular formula is C17H30IN5O2S. The lowest BCUT2D eigenvalue weighted by atomic mass is 10.2. The van der Waals surface area contributed by atoms with Crippen LogP contribution >= 0.6 is 35.3 Å². The van der Waals surface area contributed by atoms with E-state index in [0.29, 0.717) is 6.54 Å². The molecule has 0 aromatic carbocycles. The summed E-state index contributed by atoms with van der Waals surface area (Å²) in [4.78, 5) is 24.1. The van der Waals surface area contributed by atoms with Crippen LogP contribution in [0.4, 0.5) is 4.79 Å². The first kappa shape index (κ1) is 22.9. The Balaban J connectivity index is 0.00000338. The molecule has 2 N–H and O–H groups in total. The molecule has 1 aromatic rings. The number of aryl methyl sites for hydroxylation is 2. The molecule has 1 aromatic heterocycles. The predicted molar refractivity (Wildman–Crippen MR) is 117 cm³/mol. The van der Waals surface area contributed by atoms with Crippen molar-refractivity contribution in [3.05, 3.63) is 15.6 Å². The number of nitrogens with zero attached hydrogens (tertiary/aromatic N) is 3. The van der Waals surface area contributed by atoms with E-state index >= 15 is 0 Å². The smallest absolute Gasteiger partial charge is 0.407 e. The normalized spacial score (nSPS) is 17.7. The van der Waals surface area contributed by atoms with E-state index in [-0.39, 0.29) is 36.1 Å². The summed E-state index contributed by atoms with van der Waals surface area (Å²) in [5.41, 5.74) is 0.585. The minimum Gasteiger partial charge on any atom is -0.444 e. The molecule has 1 aliphatic heterocycles. The van der Waals surface area contributed by atoms with Gasteiger partial charge in [-0.05, 0) is 41.0 Å². The zero-order chi connectivity index (χ0) is 18.6. The van der Waals surface area contributed by atoms with Crippen LogP contribution in [0.5, 0.6) is 0 Å². The average molecular weight is 495 g/mol. The zero-order valence-corrected chi connectivity index (χ0v) is 19.5. The Bertz CT molecular complexity index is 642. The lowest BCUT2D eigenvalue weighted by Crippen LogP contribution is -2.44. The van der Waals surface area contributed by atoms with E-state index in [1.165, 1.54) is 4.88 Å². The highest BCUT2D eigenvalue weighted by Crippen LogP contribution is 2.17. The van der Waals surface area contributed by atoms with Crippen molar-refractivity contribution in [1.82, 2.24) is 20.5 Å². The molecule has 0 spiro atoms. The van der Waals surface area contributed by atoms with Crippen LogP contribution in [0.15, 0.2) is 4.99 Å². The quantitative estimate of drug-likeness (QED) is 0.383. The molecule has 2 heterocycles. The first-order valence-electron chi connectivity index (χ1n) is 8.56. The van der Waals surface area contributed by atoms with Crippen LogP contribution in [0.25, 0.3) is 0 Å². The monoisotopic (exact) mass is 495 g/mol. The summed E-state index contributed by atoms with van der Waals surface area (Å²) in [7, 11) is 1.78. The number of carbonyl (C=O) groups excluding carboxylic acids is 1. The molecule has 1 fully saturated rings. The number of alkyl carbamates (subject to hydrolysis) is 1. The molecule has 1 unspecified atom stereocenters. The summed E-state index contributed by atoms with van der Waals surface area (Å²) in [6.45, 7) is 11.9. The first-order chi connectivity index (χ1) is 11.7. The molecule has 0 saturated carbocycles. The summed E-state index contributed by atoms with van der Waals surface area (Å²) in [6.07, 6.45) is 0.511. The number of ether oxygens (including phenoxy) is 1. The Morgan fingerprint density at radius 1 is 1.42 bits per heavy atom. The Morgan fingerprint density at radius 2 is 2.12 bits per heavy atom. The van der Waals surface area contributed by atoms with Gasteiger partial charge in [-0.15, -0.1) is 35.3 Å². The van der Waals surface area contributed by atoms with Gasteiger partial charge >= 0.3 is 6.09 Å². The highest BCUT2D eigenvalue weighted by molar-refractivity contribution is 14.0. The van der Waals surface area contributed by atoms with Crippen LogP contribution in [0.3, 0.4) is 0 Å². The number of likely N-dealkylation sites (tertiary alicyclic amines) is 1. The fourth-order valence-corrected chi connectivity index (χ4v) is 3.65. The molecule has 0 radical (unpaired) electrons. The maximum atomic E-state index is 11.9. The minimum absolute atomic E-state index is 0. The number of guanidine groups is 1. The van der Waals surface area contributed by atoms with Crippen LogP contribution in [0.1, 0.15) is 42.8 Å². The van der Waals surface area contributed by atoms with Crippen molar-refractivity contribution in [2.24, 2.45) is 4.99 Å². The van der Waals surface area contributed by atoms with Gasteiger partial charge in [0.1, 0.15) is 5.60 Å². The standard InChI is InChI=1S/C17H29N5O2S.HI/c1-11-14(25-12(2)20-11)9-19-15(18-6)22-8-7-13(10-22)21-16(23)24-17(3,4)5;/h13H,7-10H2,1-6H3,(H,18,19)(H,21,23);1H. The van der Waals surface area contributed by atoms with Gasteiger partial charge < -0.3 is 20.3 Å². The molecule has 9 heteroatoms. The van der Waals surface area contributed by atoms with Crippen molar-refractivity contribution in [2.75, 3.05) is 20.1 Å². The van der Waals surface area contributed by atoms with Gasteiger partial charge in [0.15, 0.2) is 5.96 Å². The molecule has 26 heavy (non-hydrogen) atoms. The number of nitrogens with one attached hydrogen (secondary N) is 2.